The first-order valence-electron chi connectivity index (χ1n) is 23.3. The van der Waals surface area contributed by atoms with Gasteiger partial charge in [-0.1, -0.05) is 224 Å². The lowest BCUT2D eigenvalue weighted by Crippen LogP contribution is -2.27. The van der Waals surface area contributed by atoms with Crippen LogP contribution >= 0.6 is 0 Å². The van der Waals surface area contributed by atoms with Crippen molar-refractivity contribution in [3.05, 3.63) is 327 Å². The Bertz CT molecular complexity index is 3260. The molecule has 316 valence electrons. The first-order valence-corrected chi connectivity index (χ1v) is 23.3. The van der Waals surface area contributed by atoms with E-state index < -0.39 is 5.41 Å². The van der Waals surface area contributed by atoms with Crippen LogP contribution in [0.5, 0.6) is 0 Å². The van der Waals surface area contributed by atoms with Gasteiger partial charge in [0, 0.05) is 11.8 Å². The fourth-order valence-corrected chi connectivity index (χ4v) is 11.0. The molecule has 0 radical (unpaired) electrons. The van der Waals surface area contributed by atoms with Gasteiger partial charge in [-0.25, -0.2) is 0 Å². The molecule has 12 rings (SSSR count). The molecule has 1 nitrogen and oxygen atoms in total. The minimum Gasteiger partial charge on any atom is -0.259 e. The lowest BCUT2D eigenvalue weighted by molar-refractivity contribution is 0.758. The van der Waals surface area contributed by atoms with E-state index in [1.807, 2.05) is 6.20 Å². The maximum atomic E-state index is 5.47. The summed E-state index contributed by atoms with van der Waals surface area (Å²) >= 11 is 0. The zero-order valence-electron chi connectivity index (χ0n) is 37.6. The van der Waals surface area contributed by atoms with Crippen LogP contribution in [0.2, 0.25) is 0 Å². The Balaban J connectivity index is 1.20. The number of rotatable bonds is 8. The summed E-state index contributed by atoms with van der Waals surface area (Å²) in [7, 11) is 0. The van der Waals surface area contributed by atoms with E-state index in [1.54, 1.807) is 0 Å². The number of fused-ring (bicyclic) bond motifs is 10. The Morgan fingerprint density at radius 1 is 0.284 bits per heavy atom. The van der Waals surface area contributed by atoms with E-state index in [2.05, 4.69) is 257 Å². The molecule has 10 aromatic rings. The van der Waals surface area contributed by atoms with Gasteiger partial charge in [0.25, 0.3) is 0 Å². The molecule has 67 heavy (non-hydrogen) atoms. The molecule has 0 bridgehead atoms. The van der Waals surface area contributed by atoms with Crippen molar-refractivity contribution < 1.29 is 0 Å². The number of nitrogens with zero attached hydrogens (tertiary/aromatic N) is 1. The number of benzene rings is 9. The Hall–Kier alpha value is -8.39. The van der Waals surface area contributed by atoms with Crippen LogP contribution in [0, 0.1) is 13.8 Å². The molecule has 2 aliphatic rings. The van der Waals surface area contributed by atoms with Crippen LogP contribution in [-0.4, -0.2) is 4.98 Å². The summed E-state index contributed by atoms with van der Waals surface area (Å²) in [6, 6.07) is 89.2. The van der Waals surface area contributed by atoms with E-state index in [9.17, 15) is 0 Å². The Morgan fingerprint density at radius 2 is 0.612 bits per heavy atom. The molecule has 0 unspecified atom stereocenters. The minimum atomic E-state index is -0.704. The fraction of sp³-hybridized carbons (Fsp3) is 0.0455. The van der Waals surface area contributed by atoms with Gasteiger partial charge < -0.3 is 0 Å². The predicted octanol–water partition coefficient (Wildman–Crippen LogP) is 16.1. The van der Waals surface area contributed by atoms with E-state index in [-0.39, 0.29) is 0 Å². The van der Waals surface area contributed by atoms with Crippen molar-refractivity contribution in [3.63, 3.8) is 0 Å². The molecule has 1 heterocycles. The third-order valence-electron chi connectivity index (χ3n) is 14.1. The molecule has 0 aliphatic heterocycles. The maximum Gasteiger partial charge on any atom is 0.0898 e. The highest BCUT2D eigenvalue weighted by molar-refractivity contribution is 6.07. The largest absolute Gasteiger partial charge is 0.259 e. The number of hydrogen-bond donors (Lipinski definition) is 0. The van der Waals surface area contributed by atoms with Gasteiger partial charge in [-0.15, -0.1) is 0 Å². The highest BCUT2D eigenvalue weighted by Crippen LogP contribution is 2.63. The second-order valence-electron chi connectivity index (χ2n) is 17.8. The van der Waals surface area contributed by atoms with Crippen LogP contribution < -0.4 is 0 Å². The van der Waals surface area contributed by atoms with Crippen molar-refractivity contribution in [1.82, 2.24) is 4.98 Å². The number of pyridine rings is 1. The van der Waals surface area contributed by atoms with E-state index >= 15 is 0 Å². The second-order valence-corrected chi connectivity index (χ2v) is 17.8. The van der Waals surface area contributed by atoms with Gasteiger partial charge in [0.05, 0.1) is 11.1 Å². The summed E-state index contributed by atoms with van der Waals surface area (Å²) < 4.78 is 0. The summed E-state index contributed by atoms with van der Waals surface area (Å²) in [4.78, 5) is 5.47. The van der Waals surface area contributed by atoms with Crippen LogP contribution in [0.15, 0.2) is 249 Å². The summed E-state index contributed by atoms with van der Waals surface area (Å²) in [5.41, 5.74) is 25.8. The lowest BCUT2D eigenvalue weighted by atomic mass is 9.70. The molecule has 0 saturated heterocycles. The van der Waals surface area contributed by atoms with Crippen molar-refractivity contribution in [1.29, 1.82) is 0 Å². The summed E-state index contributed by atoms with van der Waals surface area (Å²) in [6.07, 6.45) is 1.99. The summed E-state index contributed by atoms with van der Waals surface area (Å²) in [5, 5.41) is 0. The summed E-state index contributed by atoms with van der Waals surface area (Å²) in [6.45, 7) is 4.49. The molecule has 0 N–H and O–H groups in total. The van der Waals surface area contributed by atoms with Gasteiger partial charge in [0.1, 0.15) is 0 Å². The van der Waals surface area contributed by atoms with E-state index in [0.29, 0.717) is 0 Å². The highest BCUT2D eigenvalue weighted by Gasteiger charge is 2.53. The zero-order valence-corrected chi connectivity index (χ0v) is 37.6. The van der Waals surface area contributed by atoms with Crippen LogP contribution in [0.3, 0.4) is 0 Å². The van der Waals surface area contributed by atoms with Crippen molar-refractivity contribution in [2.24, 2.45) is 0 Å². The molecular weight excluding hydrogens is 807 g/mol. The topological polar surface area (TPSA) is 12.9 Å². The predicted molar refractivity (Wildman–Crippen MR) is 279 cm³/mol. The molecule has 0 amide bonds. The smallest absolute Gasteiger partial charge is 0.0898 e. The SMILES string of the molecule is Cc1cc2c(cc1C)C1(c3cc(C(=C(c4ccccc4)c4ccccc4)c4ccccc4)ccc3-c3ccc(C(=C(c4ccccc4)c4ccccc4)c4ccccc4)cc31)c1ncccc1-2. The van der Waals surface area contributed by atoms with E-state index in [4.69, 9.17) is 4.98 Å². The Labute approximate surface area is 393 Å². The van der Waals surface area contributed by atoms with Crippen molar-refractivity contribution in [3.8, 4) is 22.3 Å². The molecule has 2 aliphatic carbocycles. The van der Waals surface area contributed by atoms with Crippen LogP contribution in [-0.2, 0) is 5.41 Å². The third kappa shape index (κ3) is 6.57. The lowest BCUT2D eigenvalue weighted by Gasteiger charge is -2.31. The summed E-state index contributed by atoms with van der Waals surface area (Å²) in [5.74, 6) is 0. The molecule has 1 spiro atoms. The molecule has 1 aromatic heterocycles. The molecule has 0 fully saturated rings. The van der Waals surface area contributed by atoms with Gasteiger partial charge >= 0.3 is 0 Å². The quantitative estimate of drug-likeness (QED) is 0.139. The van der Waals surface area contributed by atoms with Gasteiger partial charge in [-0.2, -0.15) is 0 Å². The third-order valence-corrected chi connectivity index (χ3v) is 14.1. The molecule has 9 aromatic carbocycles. The fourth-order valence-electron chi connectivity index (χ4n) is 11.0. The molecular formula is C66H47N. The number of hydrogen-bond acceptors (Lipinski definition) is 1. The zero-order chi connectivity index (χ0) is 44.9. The highest BCUT2D eigenvalue weighted by atomic mass is 14.8. The monoisotopic (exact) mass is 853 g/mol. The standard InChI is InChI=1S/C66H47N/c1-44-40-57-56-34-21-39-67-65(56)66(58(57)41-45(44)2)59-42-52(63(50-30-17-7-18-31-50)61(46-22-9-3-10-23-46)47-24-11-4-12-25-47)35-37-54(59)55-38-36-53(43-60(55)66)64(51-32-19-8-20-33-51)62(48-26-13-5-14-27-48)49-28-15-6-16-29-49/h3-43H,1-2H3. The first kappa shape index (κ1) is 40.1. The van der Waals surface area contributed by atoms with Gasteiger partial charge in [-0.05, 0) is 143 Å². The normalized spacial score (nSPS) is 12.4. The Kier molecular flexibility index (Phi) is 9.92. The average Bonchev–Trinajstić information content (AvgIpc) is 3.84. The number of aryl methyl sites for hydroxylation is 2. The first-order chi connectivity index (χ1) is 33.1. The van der Waals surface area contributed by atoms with E-state index in [1.165, 1.54) is 106 Å². The molecule has 0 atom stereocenters. The van der Waals surface area contributed by atoms with Crippen LogP contribution in [0.1, 0.15) is 78.0 Å². The van der Waals surface area contributed by atoms with Crippen molar-refractivity contribution in [2.45, 2.75) is 19.3 Å². The van der Waals surface area contributed by atoms with Gasteiger partial charge in [0.2, 0.25) is 0 Å². The number of aromatic nitrogens is 1. The van der Waals surface area contributed by atoms with Crippen LogP contribution in [0.4, 0.5) is 0 Å². The average molecular weight is 854 g/mol. The second kappa shape index (κ2) is 16.6. The molecule has 1 heteroatoms. The van der Waals surface area contributed by atoms with Crippen molar-refractivity contribution >= 4 is 22.3 Å². The minimum absolute atomic E-state index is 0.704. The maximum absolute atomic E-state index is 5.47. The molecule has 0 saturated carbocycles. The van der Waals surface area contributed by atoms with Gasteiger partial charge in [0.15, 0.2) is 0 Å². The Morgan fingerprint density at radius 3 is 0.985 bits per heavy atom. The van der Waals surface area contributed by atoms with Crippen LogP contribution in [0.25, 0.3) is 44.5 Å². The van der Waals surface area contributed by atoms with Crippen molar-refractivity contribution in [2.75, 3.05) is 0 Å². The van der Waals surface area contributed by atoms with Gasteiger partial charge in [-0.3, -0.25) is 4.98 Å². The van der Waals surface area contributed by atoms with E-state index in [0.717, 1.165) is 16.8 Å².